The standard InChI is InChI=1S/C25H30FN5O3/c1-28(2)10-15-31-23(33)18-25(24(31)34,19-6-5-7-20(26)16-19)17-22(32)30-13-11-29(12-14-30)21-8-3-4-9-27-21/h3-9,16H,10-15,17-18H2,1-2H3. The van der Waals surface area contributed by atoms with E-state index in [9.17, 15) is 18.8 Å². The molecule has 1 aromatic carbocycles. The second-order valence-corrected chi connectivity index (χ2v) is 9.16. The highest BCUT2D eigenvalue weighted by molar-refractivity contribution is 6.10. The van der Waals surface area contributed by atoms with Crippen LogP contribution in [0.1, 0.15) is 18.4 Å². The summed E-state index contributed by atoms with van der Waals surface area (Å²) in [5.41, 5.74) is -1.01. The molecule has 2 saturated heterocycles. The number of likely N-dealkylation sites (N-methyl/N-ethyl adjacent to an activating group) is 1. The van der Waals surface area contributed by atoms with E-state index in [1.807, 2.05) is 37.2 Å². The lowest BCUT2D eigenvalue weighted by molar-refractivity contribution is -0.142. The summed E-state index contributed by atoms with van der Waals surface area (Å²) in [6.07, 6.45) is 1.44. The average Bonchev–Trinajstić information content (AvgIpc) is 3.07. The molecule has 1 unspecified atom stereocenters. The van der Waals surface area contributed by atoms with Crippen molar-refractivity contribution in [3.8, 4) is 0 Å². The Labute approximate surface area is 198 Å². The molecule has 3 heterocycles. The zero-order valence-corrected chi connectivity index (χ0v) is 19.6. The number of aromatic nitrogens is 1. The van der Waals surface area contributed by atoms with Crippen LogP contribution in [0.25, 0.3) is 0 Å². The number of piperazine rings is 1. The van der Waals surface area contributed by atoms with E-state index in [1.54, 1.807) is 17.2 Å². The summed E-state index contributed by atoms with van der Waals surface area (Å²) < 4.78 is 14.1. The van der Waals surface area contributed by atoms with E-state index in [0.29, 0.717) is 38.3 Å². The summed E-state index contributed by atoms with van der Waals surface area (Å²) in [6, 6.07) is 11.4. The molecular formula is C25H30FN5O3. The molecule has 2 fully saturated rings. The molecule has 0 spiro atoms. The van der Waals surface area contributed by atoms with Gasteiger partial charge in [-0.2, -0.15) is 0 Å². The molecule has 9 heteroatoms. The minimum atomic E-state index is -1.39. The first-order valence-corrected chi connectivity index (χ1v) is 11.5. The van der Waals surface area contributed by atoms with Gasteiger partial charge in [0.15, 0.2) is 0 Å². The molecule has 0 N–H and O–H groups in total. The number of halogens is 1. The van der Waals surface area contributed by atoms with Crippen LogP contribution in [-0.2, 0) is 19.8 Å². The minimum Gasteiger partial charge on any atom is -0.353 e. The van der Waals surface area contributed by atoms with Crippen molar-refractivity contribution < 1.29 is 18.8 Å². The highest BCUT2D eigenvalue weighted by Crippen LogP contribution is 2.40. The van der Waals surface area contributed by atoms with E-state index in [2.05, 4.69) is 9.88 Å². The van der Waals surface area contributed by atoms with Gasteiger partial charge in [0.1, 0.15) is 11.6 Å². The second-order valence-electron chi connectivity index (χ2n) is 9.16. The van der Waals surface area contributed by atoms with Crippen molar-refractivity contribution in [1.29, 1.82) is 0 Å². The first-order valence-electron chi connectivity index (χ1n) is 11.5. The van der Waals surface area contributed by atoms with Crippen molar-refractivity contribution in [3.63, 3.8) is 0 Å². The van der Waals surface area contributed by atoms with E-state index >= 15 is 0 Å². The number of amides is 3. The van der Waals surface area contributed by atoms with E-state index in [1.165, 1.54) is 23.1 Å². The Morgan fingerprint density at radius 2 is 1.85 bits per heavy atom. The number of pyridine rings is 1. The van der Waals surface area contributed by atoms with Gasteiger partial charge < -0.3 is 14.7 Å². The normalized spacial score (nSPS) is 21.0. The van der Waals surface area contributed by atoms with E-state index in [4.69, 9.17) is 0 Å². The number of carbonyl (C=O) groups is 3. The zero-order chi connectivity index (χ0) is 24.3. The lowest BCUT2D eigenvalue weighted by Gasteiger charge is -2.37. The Morgan fingerprint density at radius 3 is 2.50 bits per heavy atom. The van der Waals surface area contributed by atoms with Gasteiger partial charge in [0, 0.05) is 58.3 Å². The summed E-state index contributed by atoms with van der Waals surface area (Å²) in [4.78, 5) is 51.2. The summed E-state index contributed by atoms with van der Waals surface area (Å²) in [7, 11) is 3.72. The molecule has 0 aliphatic carbocycles. The number of imide groups is 1. The molecule has 1 aromatic heterocycles. The fourth-order valence-electron chi connectivity index (χ4n) is 4.67. The lowest BCUT2D eigenvalue weighted by Crippen LogP contribution is -2.51. The van der Waals surface area contributed by atoms with Crippen LogP contribution in [0.5, 0.6) is 0 Å². The maximum absolute atomic E-state index is 14.1. The summed E-state index contributed by atoms with van der Waals surface area (Å²) in [5.74, 6) is -0.603. The Morgan fingerprint density at radius 1 is 1.09 bits per heavy atom. The molecule has 8 nitrogen and oxygen atoms in total. The Balaban J connectivity index is 1.53. The predicted molar refractivity (Wildman–Crippen MR) is 126 cm³/mol. The maximum atomic E-state index is 14.1. The number of benzene rings is 1. The van der Waals surface area contributed by atoms with Crippen molar-refractivity contribution in [2.45, 2.75) is 18.3 Å². The monoisotopic (exact) mass is 467 g/mol. The number of nitrogens with zero attached hydrogens (tertiary/aromatic N) is 5. The van der Waals surface area contributed by atoms with Crippen LogP contribution in [0.4, 0.5) is 10.2 Å². The highest BCUT2D eigenvalue weighted by Gasteiger charge is 2.54. The van der Waals surface area contributed by atoms with Crippen LogP contribution >= 0.6 is 0 Å². The van der Waals surface area contributed by atoms with Gasteiger partial charge in [-0.05, 0) is 43.9 Å². The number of carbonyl (C=O) groups excluding carboxylic acids is 3. The largest absolute Gasteiger partial charge is 0.353 e. The van der Waals surface area contributed by atoms with Crippen molar-refractivity contribution >= 4 is 23.5 Å². The maximum Gasteiger partial charge on any atom is 0.240 e. The molecule has 0 saturated carbocycles. The van der Waals surface area contributed by atoms with Gasteiger partial charge in [-0.15, -0.1) is 0 Å². The van der Waals surface area contributed by atoms with Gasteiger partial charge in [-0.25, -0.2) is 9.37 Å². The third kappa shape index (κ3) is 4.79. The average molecular weight is 468 g/mol. The molecule has 180 valence electrons. The first-order chi connectivity index (χ1) is 16.3. The van der Waals surface area contributed by atoms with Crippen LogP contribution < -0.4 is 4.90 Å². The third-order valence-electron chi connectivity index (χ3n) is 6.62. The predicted octanol–water partition coefficient (Wildman–Crippen LogP) is 1.52. The summed E-state index contributed by atoms with van der Waals surface area (Å²) in [6.45, 7) is 2.97. The molecule has 2 aliphatic heterocycles. The van der Waals surface area contributed by atoms with E-state index < -0.39 is 17.1 Å². The van der Waals surface area contributed by atoms with Gasteiger partial charge in [-0.3, -0.25) is 19.3 Å². The molecule has 0 radical (unpaired) electrons. The number of rotatable bonds is 7. The number of hydrogen-bond acceptors (Lipinski definition) is 6. The quantitative estimate of drug-likeness (QED) is 0.575. The van der Waals surface area contributed by atoms with Gasteiger partial charge in [0.2, 0.25) is 17.7 Å². The molecule has 2 aliphatic rings. The number of hydrogen-bond donors (Lipinski definition) is 0. The lowest BCUT2D eigenvalue weighted by atomic mass is 9.75. The van der Waals surface area contributed by atoms with Crippen LogP contribution in [0.2, 0.25) is 0 Å². The Bertz CT molecular complexity index is 1060. The van der Waals surface area contributed by atoms with Crippen molar-refractivity contribution in [1.82, 2.24) is 19.7 Å². The molecule has 4 rings (SSSR count). The van der Waals surface area contributed by atoms with Crippen molar-refractivity contribution in [2.24, 2.45) is 0 Å². The van der Waals surface area contributed by atoms with Gasteiger partial charge in [0.05, 0.1) is 5.41 Å². The molecule has 3 amide bonds. The highest BCUT2D eigenvalue weighted by atomic mass is 19.1. The van der Waals surface area contributed by atoms with Crippen LogP contribution in [0.3, 0.4) is 0 Å². The van der Waals surface area contributed by atoms with Gasteiger partial charge in [-0.1, -0.05) is 18.2 Å². The molecule has 0 bridgehead atoms. The van der Waals surface area contributed by atoms with Crippen molar-refractivity contribution in [2.75, 3.05) is 58.3 Å². The molecular weight excluding hydrogens is 437 g/mol. The molecule has 2 aromatic rings. The van der Waals surface area contributed by atoms with E-state index in [0.717, 1.165) is 5.82 Å². The topological polar surface area (TPSA) is 77.1 Å². The third-order valence-corrected chi connectivity index (χ3v) is 6.62. The first kappa shape index (κ1) is 23.8. The fourth-order valence-corrected chi connectivity index (χ4v) is 4.67. The zero-order valence-electron chi connectivity index (χ0n) is 19.6. The number of likely N-dealkylation sites (tertiary alicyclic amines) is 1. The Kier molecular flexibility index (Phi) is 6.92. The second kappa shape index (κ2) is 9.89. The smallest absolute Gasteiger partial charge is 0.240 e. The van der Waals surface area contributed by atoms with Gasteiger partial charge in [0.25, 0.3) is 0 Å². The SMILES string of the molecule is CN(C)CCN1C(=O)CC(CC(=O)N2CCN(c3ccccn3)CC2)(c2cccc(F)c2)C1=O. The summed E-state index contributed by atoms with van der Waals surface area (Å²) >= 11 is 0. The van der Waals surface area contributed by atoms with Crippen molar-refractivity contribution in [3.05, 3.63) is 60.0 Å². The summed E-state index contributed by atoms with van der Waals surface area (Å²) in [5, 5.41) is 0. The van der Waals surface area contributed by atoms with E-state index in [-0.39, 0.29) is 31.2 Å². The molecule has 34 heavy (non-hydrogen) atoms. The fraction of sp³-hybridized carbons (Fsp3) is 0.440. The minimum absolute atomic E-state index is 0.137. The molecule has 1 atom stereocenters. The van der Waals surface area contributed by atoms with Crippen LogP contribution in [0.15, 0.2) is 48.7 Å². The van der Waals surface area contributed by atoms with Crippen LogP contribution in [-0.4, -0.2) is 90.8 Å². The number of anilines is 1. The Hall–Kier alpha value is -3.33. The van der Waals surface area contributed by atoms with Gasteiger partial charge >= 0.3 is 0 Å². The van der Waals surface area contributed by atoms with Crippen LogP contribution in [0, 0.1) is 5.82 Å².